The van der Waals surface area contributed by atoms with Gasteiger partial charge in [0.15, 0.2) is 0 Å². The number of benzene rings is 1. The van der Waals surface area contributed by atoms with E-state index in [0.717, 1.165) is 18.8 Å². The van der Waals surface area contributed by atoms with Crippen LogP contribution in [0.15, 0.2) is 24.3 Å². The number of ether oxygens (including phenoxy) is 1. The van der Waals surface area contributed by atoms with Crippen LogP contribution in [0.5, 0.6) is 5.75 Å². The molecule has 2 unspecified atom stereocenters. The molecule has 1 aliphatic heterocycles. The highest BCUT2D eigenvalue weighted by atomic mass is 16.5. The summed E-state index contributed by atoms with van der Waals surface area (Å²) >= 11 is 0. The maximum absolute atomic E-state index is 12.2. The zero-order chi connectivity index (χ0) is 15.4. The molecular formula is C16H25N3O2. The number of likely N-dealkylation sites (N-methyl/N-ethyl adjacent to an activating group) is 1. The van der Waals surface area contributed by atoms with Gasteiger partial charge in [-0.1, -0.05) is 0 Å². The smallest absolute Gasteiger partial charge is 0.226 e. The Morgan fingerprint density at radius 3 is 2.38 bits per heavy atom. The Morgan fingerprint density at radius 2 is 1.81 bits per heavy atom. The van der Waals surface area contributed by atoms with Crippen LogP contribution in [-0.4, -0.2) is 54.5 Å². The SMILES string of the molecule is CC1CN(C(=O)CCOc2ccc(N)cc2)CC(C)N1C. The Balaban J connectivity index is 1.78. The molecule has 116 valence electrons. The van der Waals surface area contributed by atoms with Gasteiger partial charge in [0, 0.05) is 30.9 Å². The standard InChI is InChI=1S/C16H25N3O2/c1-12-10-19(11-13(2)18(12)3)16(20)8-9-21-15-6-4-14(17)5-7-15/h4-7,12-13H,8-11,17H2,1-3H3. The molecule has 1 amide bonds. The lowest BCUT2D eigenvalue weighted by atomic mass is 10.1. The van der Waals surface area contributed by atoms with Gasteiger partial charge < -0.3 is 15.4 Å². The zero-order valence-corrected chi connectivity index (χ0v) is 13.1. The van der Waals surface area contributed by atoms with E-state index in [0.29, 0.717) is 30.8 Å². The summed E-state index contributed by atoms with van der Waals surface area (Å²) in [6, 6.07) is 8.02. The van der Waals surface area contributed by atoms with Gasteiger partial charge in [0.25, 0.3) is 0 Å². The third-order valence-electron chi connectivity index (χ3n) is 4.18. The van der Waals surface area contributed by atoms with Crippen LogP contribution in [0.2, 0.25) is 0 Å². The van der Waals surface area contributed by atoms with Gasteiger partial charge in [-0.25, -0.2) is 0 Å². The van der Waals surface area contributed by atoms with Gasteiger partial charge >= 0.3 is 0 Å². The van der Waals surface area contributed by atoms with Crippen molar-refractivity contribution in [3.05, 3.63) is 24.3 Å². The average molecular weight is 291 g/mol. The molecule has 0 aliphatic carbocycles. The number of rotatable bonds is 4. The molecule has 5 nitrogen and oxygen atoms in total. The number of amides is 1. The molecule has 1 aliphatic rings. The summed E-state index contributed by atoms with van der Waals surface area (Å²) in [6.45, 7) is 6.29. The molecule has 0 saturated carbocycles. The van der Waals surface area contributed by atoms with Crippen molar-refractivity contribution in [2.24, 2.45) is 0 Å². The highest BCUT2D eigenvalue weighted by Gasteiger charge is 2.28. The molecule has 0 aromatic heterocycles. The summed E-state index contributed by atoms with van der Waals surface area (Å²) in [4.78, 5) is 16.5. The van der Waals surface area contributed by atoms with Gasteiger partial charge in [0.2, 0.25) is 5.91 Å². The normalized spacial score (nSPS) is 23.1. The molecule has 5 heteroatoms. The number of nitrogen functional groups attached to an aromatic ring is 1. The van der Waals surface area contributed by atoms with Gasteiger partial charge in [0.1, 0.15) is 5.75 Å². The molecule has 21 heavy (non-hydrogen) atoms. The minimum atomic E-state index is 0.164. The Kier molecular flexibility index (Phi) is 5.07. The topological polar surface area (TPSA) is 58.8 Å². The molecule has 1 saturated heterocycles. The van der Waals surface area contributed by atoms with E-state index in [2.05, 4.69) is 25.8 Å². The summed E-state index contributed by atoms with van der Waals surface area (Å²) in [6.07, 6.45) is 0.410. The molecule has 0 spiro atoms. The first-order valence-electron chi connectivity index (χ1n) is 7.45. The molecule has 1 fully saturated rings. The molecule has 1 aromatic carbocycles. The van der Waals surface area contributed by atoms with E-state index in [1.165, 1.54) is 0 Å². The van der Waals surface area contributed by atoms with E-state index in [-0.39, 0.29) is 5.91 Å². The Bertz CT molecular complexity index is 463. The molecule has 0 bridgehead atoms. The Labute approximate surface area is 126 Å². The Morgan fingerprint density at radius 1 is 1.24 bits per heavy atom. The van der Waals surface area contributed by atoms with Gasteiger partial charge in [-0.05, 0) is 45.2 Å². The summed E-state index contributed by atoms with van der Waals surface area (Å²) in [7, 11) is 2.11. The second-order valence-corrected chi connectivity index (χ2v) is 5.83. The Hall–Kier alpha value is -1.75. The summed E-state index contributed by atoms with van der Waals surface area (Å²) < 4.78 is 5.58. The van der Waals surface area contributed by atoms with Crippen LogP contribution in [0.25, 0.3) is 0 Å². The minimum absolute atomic E-state index is 0.164. The minimum Gasteiger partial charge on any atom is -0.493 e. The van der Waals surface area contributed by atoms with E-state index >= 15 is 0 Å². The summed E-state index contributed by atoms with van der Waals surface area (Å²) in [5, 5.41) is 0. The third kappa shape index (κ3) is 4.11. The molecule has 0 radical (unpaired) electrons. The second-order valence-electron chi connectivity index (χ2n) is 5.83. The average Bonchev–Trinajstić information content (AvgIpc) is 2.46. The summed E-state index contributed by atoms with van der Waals surface area (Å²) in [5.74, 6) is 0.911. The first-order chi connectivity index (χ1) is 9.97. The maximum atomic E-state index is 12.2. The van der Waals surface area contributed by atoms with Crippen molar-refractivity contribution in [2.45, 2.75) is 32.4 Å². The van der Waals surface area contributed by atoms with Gasteiger partial charge in [-0.3, -0.25) is 9.69 Å². The monoisotopic (exact) mass is 291 g/mol. The number of carbonyl (C=O) groups is 1. The van der Waals surface area contributed by atoms with Crippen LogP contribution >= 0.6 is 0 Å². The van der Waals surface area contributed by atoms with E-state index < -0.39 is 0 Å². The predicted molar refractivity (Wildman–Crippen MR) is 84.2 cm³/mol. The second kappa shape index (κ2) is 6.80. The molecule has 2 atom stereocenters. The van der Waals surface area contributed by atoms with Crippen molar-refractivity contribution in [2.75, 3.05) is 32.5 Å². The number of carbonyl (C=O) groups excluding carboxylic acids is 1. The highest BCUT2D eigenvalue weighted by molar-refractivity contribution is 5.76. The highest BCUT2D eigenvalue weighted by Crippen LogP contribution is 2.15. The lowest BCUT2D eigenvalue weighted by molar-refractivity contribution is -0.135. The molecule has 2 rings (SSSR count). The fourth-order valence-corrected chi connectivity index (χ4v) is 2.59. The molecular weight excluding hydrogens is 266 g/mol. The van der Waals surface area contributed by atoms with Crippen molar-refractivity contribution in [1.29, 1.82) is 0 Å². The number of nitrogens with zero attached hydrogens (tertiary/aromatic N) is 2. The maximum Gasteiger partial charge on any atom is 0.226 e. The van der Waals surface area contributed by atoms with Crippen LogP contribution in [0.3, 0.4) is 0 Å². The number of anilines is 1. The number of hydrogen-bond acceptors (Lipinski definition) is 4. The van der Waals surface area contributed by atoms with Crippen LogP contribution in [0.4, 0.5) is 5.69 Å². The van der Waals surface area contributed by atoms with E-state index in [9.17, 15) is 4.79 Å². The third-order valence-corrected chi connectivity index (χ3v) is 4.18. The van der Waals surface area contributed by atoms with Crippen LogP contribution in [0, 0.1) is 0 Å². The van der Waals surface area contributed by atoms with E-state index in [1.807, 2.05) is 17.0 Å². The van der Waals surface area contributed by atoms with Crippen molar-refractivity contribution >= 4 is 11.6 Å². The van der Waals surface area contributed by atoms with Crippen LogP contribution in [-0.2, 0) is 4.79 Å². The van der Waals surface area contributed by atoms with E-state index in [4.69, 9.17) is 10.5 Å². The molecule has 1 heterocycles. The summed E-state index contributed by atoms with van der Waals surface area (Å²) in [5.41, 5.74) is 6.33. The fourth-order valence-electron chi connectivity index (χ4n) is 2.59. The quantitative estimate of drug-likeness (QED) is 0.856. The molecule has 1 aromatic rings. The largest absolute Gasteiger partial charge is 0.493 e. The van der Waals surface area contributed by atoms with Gasteiger partial charge in [0.05, 0.1) is 13.0 Å². The van der Waals surface area contributed by atoms with Crippen molar-refractivity contribution in [1.82, 2.24) is 9.80 Å². The molecule has 2 N–H and O–H groups in total. The van der Waals surface area contributed by atoms with Gasteiger partial charge in [-0.2, -0.15) is 0 Å². The predicted octanol–water partition coefficient (Wildman–Crippen LogP) is 1.59. The van der Waals surface area contributed by atoms with E-state index in [1.54, 1.807) is 12.1 Å². The van der Waals surface area contributed by atoms with Gasteiger partial charge in [-0.15, -0.1) is 0 Å². The number of piperazine rings is 1. The number of nitrogens with two attached hydrogens (primary N) is 1. The fraction of sp³-hybridized carbons (Fsp3) is 0.562. The first kappa shape index (κ1) is 15.6. The first-order valence-corrected chi connectivity index (χ1v) is 7.45. The van der Waals surface area contributed by atoms with Crippen LogP contribution in [0.1, 0.15) is 20.3 Å². The van der Waals surface area contributed by atoms with Crippen molar-refractivity contribution < 1.29 is 9.53 Å². The lowest BCUT2D eigenvalue weighted by Crippen LogP contribution is -2.56. The van der Waals surface area contributed by atoms with Crippen molar-refractivity contribution in [3.8, 4) is 5.75 Å². The van der Waals surface area contributed by atoms with Crippen LogP contribution < -0.4 is 10.5 Å². The van der Waals surface area contributed by atoms with Crippen molar-refractivity contribution in [3.63, 3.8) is 0 Å². The number of hydrogen-bond donors (Lipinski definition) is 1. The zero-order valence-electron chi connectivity index (χ0n) is 13.1. The lowest BCUT2D eigenvalue weighted by Gasteiger charge is -2.42.